The van der Waals surface area contributed by atoms with Crippen molar-refractivity contribution in [3.63, 3.8) is 0 Å². The van der Waals surface area contributed by atoms with Gasteiger partial charge in [-0.25, -0.2) is 4.98 Å². The maximum atomic E-state index is 13.3. The molecule has 4 heterocycles. The molecule has 0 aromatic carbocycles. The molecule has 0 N–H and O–H groups in total. The highest BCUT2D eigenvalue weighted by atomic mass is 35.5. The molecule has 0 radical (unpaired) electrons. The molecule has 0 bridgehead atoms. The van der Waals surface area contributed by atoms with E-state index in [1.807, 2.05) is 6.92 Å². The van der Waals surface area contributed by atoms with Crippen LogP contribution in [0.4, 0.5) is 18.9 Å². The fourth-order valence-electron chi connectivity index (χ4n) is 3.31. The highest BCUT2D eigenvalue weighted by Gasteiger charge is 2.35. The van der Waals surface area contributed by atoms with Gasteiger partial charge in [-0.2, -0.15) is 13.2 Å². The van der Waals surface area contributed by atoms with Crippen LogP contribution in [0.25, 0.3) is 11.3 Å². The van der Waals surface area contributed by atoms with Gasteiger partial charge in [-0.05, 0) is 30.0 Å². The predicted molar refractivity (Wildman–Crippen MR) is 113 cm³/mol. The van der Waals surface area contributed by atoms with Crippen molar-refractivity contribution in [2.75, 3.05) is 17.2 Å². The van der Waals surface area contributed by atoms with Gasteiger partial charge in [0.05, 0.1) is 22.6 Å². The second-order valence-electron chi connectivity index (χ2n) is 6.76. The van der Waals surface area contributed by atoms with Crippen molar-refractivity contribution in [1.82, 2.24) is 15.0 Å². The quantitative estimate of drug-likeness (QED) is 0.475. The van der Waals surface area contributed by atoms with Crippen molar-refractivity contribution in [1.29, 1.82) is 0 Å². The Kier molecular flexibility index (Phi) is 5.90. The first-order valence-corrected chi connectivity index (χ1v) is 10.8. The Balaban J connectivity index is 1.71. The van der Waals surface area contributed by atoms with Crippen LogP contribution in [0.15, 0.2) is 47.8 Å². The third-order valence-corrected chi connectivity index (χ3v) is 5.90. The van der Waals surface area contributed by atoms with Crippen LogP contribution in [0.2, 0.25) is 5.02 Å². The number of rotatable bonds is 4. The summed E-state index contributed by atoms with van der Waals surface area (Å²) in [6, 6.07) is 6.13. The smallest absolute Gasteiger partial charge is 0.305 e. The highest BCUT2D eigenvalue weighted by molar-refractivity contribution is 7.99. The van der Waals surface area contributed by atoms with E-state index in [2.05, 4.69) is 15.0 Å². The van der Waals surface area contributed by atoms with Gasteiger partial charge in [0, 0.05) is 47.0 Å². The summed E-state index contributed by atoms with van der Waals surface area (Å²) in [4.78, 5) is 27.8. The fourth-order valence-corrected chi connectivity index (χ4v) is 4.27. The van der Waals surface area contributed by atoms with Crippen LogP contribution in [0.5, 0.6) is 0 Å². The van der Waals surface area contributed by atoms with E-state index in [1.165, 1.54) is 22.9 Å². The number of halogens is 4. The minimum atomic E-state index is -4.54. The van der Waals surface area contributed by atoms with E-state index in [0.29, 0.717) is 39.0 Å². The van der Waals surface area contributed by atoms with Crippen LogP contribution < -0.4 is 4.90 Å². The molecule has 0 unspecified atom stereocenters. The summed E-state index contributed by atoms with van der Waals surface area (Å²) in [7, 11) is 0. The van der Waals surface area contributed by atoms with Crippen LogP contribution in [0, 0.1) is 0 Å². The minimum absolute atomic E-state index is 0.176. The molecule has 0 saturated heterocycles. The minimum Gasteiger partial charge on any atom is -0.305 e. The van der Waals surface area contributed by atoms with E-state index in [4.69, 9.17) is 11.6 Å². The van der Waals surface area contributed by atoms with E-state index >= 15 is 0 Å². The Labute approximate surface area is 185 Å². The molecule has 4 rings (SSSR count). The number of carbonyl (C=O) groups is 1. The van der Waals surface area contributed by atoms with E-state index in [9.17, 15) is 18.0 Å². The third kappa shape index (κ3) is 4.38. The largest absolute Gasteiger partial charge is 0.417 e. The fraction of sp³-hybridized carbons (Fsp3) is 0.238. The molecule has 0 saturated carbocycles. The van der Waals surface area contributed by atoms with Crippen LogP contribution in [0.3, 0.4) is 0 Å². The number of thioether (sulfide) groups is 1. The summed E-state index contributed by atoms with van der Waals surface area (Å²) in [6.45, 7) is 2.19. The van der Waals surface area contributed by atoms with Gasteiger partial charge in [0.2, 0.25) is 0 Å². The number of hydrogen-bond acceptors (Lipinski definition) is 5. The normalized spacial score (nSPS) is 13.4. The van der Waals surface area contributed by atoms with Crippen molar-refractivity contribution in [3.8, 4) is 11.3 Å². The molecule has 0 aliphatic carbocycles. The van der Waals surface area contributed by atoms with E-state index < -0.39 is 17.6 Å². The standard InChI is InChI=1S/C21H16ClF3N4OS/c1-2-31-18-7-12(16-9-14(22)3-5-26-16)10-28-19(18)20(30)29-6-4-15-17(29)8-13(11-27-15)21(23,24)25/h3,5,7-11H,2,4,6H2,1H3. The van der Waals surface area contributed by atoms with Gasteiger partial charge in [-0.1, -0.05) is 18.5 Å². The van der Waals surface area contributed by atoms with E-state index in [0.717, 1.165) is 12.3 Å². The number of hydrogen-bond donors (Lipinski definition) is 0. The Morgan fingerprint density at radius 1 is 1.19 bits per heavy atom. The van der Waals surface area contributed by atoms with Gasteiger partial charge in [-0.15, -0.1) is 11.8 Å². The highest BCUT2D eigenvalue weighted by Crippen LogP contribution is 2.36. The number of anilines is 1. The second-order valence-corrected chi connectivity index (χ2v) is 8.50. The van der Waals surface area contributed by atoms with Crippen molar-refractivity contribution in [3.05, 3.63) is 64.8 Å². The summed E-state index contributed by atoms with van der Waals surface area (Å²) < 4.78 is 39.4. The van der Waals surface area contributed by atoms with Crippen molar-refractivity contribution >= 4 is 35.0 Å². The molecule has 1 amide bonds. The Bertz CT molecular complexity index is 1160. The zero-order valence-corrected chi connectivity index (χ0v) is 17.9. The number of alkyl halides is 3. The Hall–Kier alpha value is -2.65. The van der Waals surface area contributed by atoms with Crippen LogP contribution in [0.1, 0.15) is 28.7 Å². The second kappa shape index (κ2) is 8.47. The number of carbonyl (C=O) groups excluding carboxylic acids is 1. The number of pyridine rings is 3. The number of fused-ring (bicyclic) bond motifs is 1. The number of aromatic nitrogens is 3. The lowest BCUT2D eigenvalue weighted by Crippen LogP contribution is -2.30. The molecule has 1 aliphatic heterocycles. The SMILES string of the molecule is CCSc1cc(-c2cc(Cl)ccn2)cnc1C(=O)N1CCc2ncc(C(F)(F)F)cc21. The van der Waals surface area contributed by atoms with Crippen molar-refractivity contribution < 1.29 is 18.0 Å². The molecule has 3 aromatic heterocycles. The monoisotopic (exact) mass is 464 g/mol. The lowest BCUT2D eigenvalue weighted by Gasteiger charge is -2.19. The summed E-state index contributed by atoms with van der Waals surface area (Å²) in [5.74, 6) is 0.228. The first-order chi connectivity index (χ1) is 14.8. The van der Waals surface area contributed by atoms with Gasteiger partial charge in [0.25, 0.3) is 5.91 Å². The molecule has 5 nitrogen and oxygen atoms in total. The van der Waals surface area contributed by atoms with E-state index in [-0.39, 0.29) is 17.9 Å². The lowest BCUT2D eigenvalue weighted by molar-refractivity contribution is -0.137. The van der Waals surface area contributed by atoms with Crippen LogP contribution >= 0.6 is 23.4 Å². The molecular formula is C21H16ClF3N4OS. The summed E-state index contributed by atoms with van der Waals surface area (Å²) >= 11 is 7.47. The van der Waals surface area contributed by atoms with Crippen LogP contribution in [-0.2, 0) is 12.6 Å². The predicted octanol–water partition coefficient (Wildman–Crippen LogP) is 5.53. The molecule has 10 heteroatoms. The lowest BCUT2D eigenvalue weighted by atomic mass is 10.1. The first-order valence-electron chi connectivity index (χ1n) is 9.40. The summed E-state index contributed by atoms with van der Waals surface area (Å²) in [6.07, 6.45) is -0.245. The maximum absolute atomic E-state index is 13.3. The zero-order chi connectivity index (χ0) is 22.2. The average Bonchev–Trinajstić information content (AvgIpc) is 3.16. The Morgan fingerprint density at radius 2 is 2.00 bits per heavy atom. The molecule has 0 fully saturated rings. The van der Waals surface area contributed by atoms with Crippen molar-refractivity contribution in [2.24, 2.45) is 0 Å². The topological polar surface area (TPSA) is 59.0 Å². The molecule has 1 aliphatic rings. The number of nitrogens with zero attached hydrogens (tertiary/aromatic N) is 4. The molecule has 3 aromatic rings. The average molecular weight is 465 g/mol. The van der Waals surface area contributed by atoms with Gasteiger partial charge < -0.3 is 4.90 Å². The number of amides is 1. The molecule has 31 heavy (non-hydrogen) atoms. The molecule has 0 spiro atoms. The van der Waals surface area contributed by atoms with E-state index in [1.54, 1.807) is 24.4 Å². The van der Waals surface area contributed by atoms with Gasteiger partial charge in [-0.3, -0.25) is 14.8 Å². The molecule has 160 valence electrons. The molecule has 0 atom stereocenters. The maximum Gasteiger partial charge on any atom is 0.417 e. The first kappa shape index (κ1) is 21.6. The Morgan fingerprint density at radius 3 is 2.71 bits per heavy atom. The van der Waals surface area contributed by atoms with Gasteiger partial charge >= 0.3 is 6.18 Å². The van der Waals surface area contributed by atoms with Crippen molar-refractivity contribution in [2.45, 2.75) is 24.4 Å². The molecular weight excluding hydrogens is 449 g/mol. The zero-order valence-electron chi connectivity index (χ0n) is 16.3. The van der Waals surface area contributed by atoms with Gasteiger partial charge in [0.1, 0.15) is 5.69 Å². The summed E-state index contributed by atoms with van der Waals surface area (Å²) in [5.41, 5.74) is 1.24. The third-order valence-electron chi connectivity index (χ3n) is 4.76. The van der Waals surface area contributed by atoms with Crippen LogP contribution in [-0.4, -0.2) is 33.2 Å². The van der Waals surface area contributed by atoms with Gasteiger partial charge in [0.15, 0.2) is 0 Å². The summed E-state index contributed by atoms with van der Waals surface area (Å²) in [5, 5.41) is 0.525.